The van der Waals surface area contributed by atoms with E-state index in [-0.39, 0.29) is 11.4 Å². The van der Waals surface area contributed by atoms with Crippen molar-refractivity contribution in [1.29, 1.82) is 0 Å². The molecule has 2 aromatic carbocycles. The largest absolute Gasteiger partial charge is 0.497 e. The van der Waals surface area contributed by atoms with Gasteiger partial charge in [-0.2, -0.15) is 0 Å². The maximum absolute atomic E-state index is 12.4. The highest BCUT2D eigenvalue weighted by molar-refractivity contribution is 5.78. The lowest BCUT2D eigenvalue weighted by Crippen LogP contribution is -2.43. The first-order valence-electron chi connectivity index (χ1n) is 13.7. The van der Waals surface area contributed by atoms with Crippen LogP contribution in [-0.4, -0.2) is 39.8 Å². The molecule has 3 N–H and O–H groups in total. The van der Waals surface area contributed by atoms with Crippen LogP contribution in [0.5, 0.6) is 5.75 Å². The number of amides is 1. The molecule has 0 aliphatic carbocycles. The van der Waals surface area contributed by atoms with E-state index < -0.39 is 6.10 Å². The van der Waals surface area contributed by atoms with Gasteiger partial charge in [0.2, 0.25) is 5.91 Å². The highest BCUT2D eigenvalue weighted by Crippen LogP contribution is 2.19. The minimum absolute atomic E-state index is 0.0206. The topological polar surface area (TPSA) is 88.4 Å². The van der Waals surface area contributed by atoms with Crippen molar-refractivity contribution in [3.05, 3.63) is 113 Å². The molecule has 0 aliphatic rings. The van der Waals surface area contributed by atoms with Gasteiger partial charge in [-0.15, -0.1) is 0 Å². The van der Waals surface area contributed by atoms with E-state index in [4.69, 9.17) is 4.74 Å². The fraction of sp³-hybridized carbons (Fsp3) is 0.333. The smallest absolute Gasteiger partial charge is 0.224 e. The van der Waals surface area contributed by atoms with Crippen molar-refractivity contribution >= 4 is 5.91 Å². The molecule has 4 aromatic rings. The number of ether oxygens (including phenoxy) is 1. The van der Waals surface area contributed by atoms with E-state index in [0.29, 0.717) is 19.5 Å². The van der Waals surface area contributed by atoms with E-state index in [1.807, 2.05) is 48.5 Å². The molecule has 0 saturated heterocycles. The molecule has 40 heavy (non-hydrogen) atoms. The molecular formula is C33H40N4O3. The Labute approximate surface area is 237 Å². The van der Waals surface area contributed by atoms with Crippen molar-refractivity contribution in [1.82, 2.24) is 20.2 Å². The SMILES string of the molecule is COc1cccc(CNC(=O)Cc2ccc(CC(C)(C)NC[C@H](O)c3ccc(-n4c(C)ccc4C)nc3)cc2)c1. The molecule has 1 atom stereocenters. The number of β-amino-alcohol motifs (C(OH)–C–C–N with tert-alkyl or cyclic N) is 1. The molecule has 2 heterocycles. The molecule has 210 valence electrons. The van der Waals surface area contributed by atoms with Crippen LogP contribution in [0.25, 0.3) is 5.82 Å². The van der Waals surface area contributed by atoms with Gasteiger partial charge in [-0.1, -0.05) is 42.5 Å². The summed E-state index contributed by atoms with van der Waals surface area (Å²) in [5.41, 5.74) is 5.93. The molecular weight excluding hydrogens is 500 g/mol. The zero-order chi connectivity index (χ0) is 28.7. The zero-order valence-electron chi connectivity index (χ0n) is 24.1. The van der Waals surface area contributed by atoms with Crippen LogP contribution < -0.4 is 15.4 Å². The Morgan fingerprint density at radius 3 is 2.33 bits per heavy atom. The first-order valence-corrected chi connectivity index (χ1v) is 13.7. The van der Waals surface area contributed by atoms with E-state index >= 15 is 0 Å². The predicted molar refractivity (Wildman–Crippen MR) is 159 cm³/mol. The van der Waals surface area contributed by atoms with E-state index in [2.05, 4.69) is 72.1 Å². The summed E-state index contributed by atoms with van der Waals surface area (Å²) < 4.78 is 7.33. The summed E-state index contributed by atoms with van der Waals surface area (Å²) in [6, 6.07) is 23.9. The highest BCUT2D eigenvalue weighted by Gasteiger charge is 2.20. The number of hydrogen-bond donors (Lipinski definition) is 3. The second-order valence-corrected chi connectivity index (χ2v) is 11.0. The quantitative estimate of drug-likeness (QED) is 0.235. The number of nitrogens with zero attached hydrogens (tertiary/aromatic N) is 2. The van der Waals surface area contributed by atoms with Gasteiger partial charge in [-0.25, -0.2) is 4.98 Å². The van der Waals surface area contributed by atoms with Crippen LogP contribution >= 0.6 is 0 Å². The maximum Gasteiger partial charge on any atom is 0.224 e. The minimum Gasteiger partial charge on any atom is -0.497 e. The van der Waals surface area contributed by atoms with Crippen LogP contribution in [0.2, 0.25) is 0 Å². The molecule has 0 unspecified atom stereocenters. The molecule has 2 aromatic heterocycles. The van der Waals surface area contributed by atoms with Crippen LogP contribution in [0, 0.1) is 13.8 Å². The number of hydrogen-bond acceptors (Lipinski definition) is 5. The average molecular weight is 541 g/mol. The van der Waals surface area contributed by atoms with Crippen molar-refractivity contribution in [2.75, 3.05) is 13.7 Å². The molecule has 7 heteroatoms. The van der Waals surface area contributed by atoms with Crippen molar-refractivity contribution < 1.29 is 14.6 Å². The summed E-state index contributed by atoms with van der Waals surface area (Å²) >= 11 is 0. The van der Waals surface area contributed by atoms with Gasteiger partial charge in [-0.05, 0) is 81.1 Å². The van der Waals surface area contributed by atoms with Gasteiger partial charge in [0, 0.05) is 41.8 Å². The Morgan fingerprint density at radius 1 is 0.975 bits per heavy atom. The molecule has 1 amide bonds. The Bertz CT molecular complexity index is 1390. The van der Waals surface area contributed by atoms with E-state index in [1.165, 1.54) is 0 Å². The Kier molecular flexibility index (Phi) is 9.40. The Hall–Kier alpha value is -3.94. The number of methoxy groups -OCH3 is 1. The first-order chi connectivity index (χ1) is 19.1. The number of carbonyl (C=O) groups excluding carboxylic acids is 1. The number of benzene rings is 2. The number of aromatic nitrogens is 2. The third kappa shape index (κ3) is 7.81. The summed E-state index contributed by atoms with van der Waals surface area (Å²) in [7, 11) is 1.63. The summed E-state index contributed by atoms with van der Waals surface area (Å²) in [4.78, 5) is 17.0. The van der Waals surface area contributed by atoms with Gasteiger partial charge >= 0.3 is 0 Å². The number of rotatable bonds is 12. The second kappa shape index (κ2) is 12.9. The highest BCUT2D eigenvalue weighted by atomic mass is 16.5. The van der Waals surface area contributed by atoms with Crippen molar-refractivity contribution in [3.63, 3.8) is 0 Å². The van der Waals surface area contributed by atoms with Gasteiger partial charge < -0.3 is 25.0 Å². The third-order valence-corrected chi connectivity index (χ3v) is 7.09. The fourth-order valence-electron chi connectivity index (χ4n) is 4.83. The number of pyridine rings is 1. The lowest BCUT2D eigenvalue weighted by molar-refractivity contribution is -0.120. The van der Waals surface area contributed by atoms with Crippen LogP contribution in [0.15, 0.2) is 79.0 Å². The number of aryl methyl sites for hydroxylation is 2. The summed E-state index contributed by atoms with van der Waals surface area (Å²) in [5.74, 6) is 1.61. The second-order valence-electron chi connectivity index (χ2n) is 11.0. The standard InChI is InChI=1S/C33H40N4O3/c1-23-9-10-24(2)37(23)31-16-15-28(21-34-31)30(38)22-36-33(3,4)19-26-13-11-25(12-14-26)18-32(39)35-20-27-7-6-8-29(17-27)40-5/h6-17,21,30,36,38H,18-20,22H2,1-5H3,(H,35,39)/t30-/m0/s1. The Morgan fingerprint density at radius 2 is 1.68 bits per heavy atom. The molecule has 7 nitrogen and oxygen atoms in total. The summed E-state index contributed by atoms with van der Waals surface area (Å²) in [6.45, 7) is 9.24. The fourth-order valence-corrected chi connectivity index (χ4v) is 4.83. The first kappa shape index (κ1) is 29.1. The van der Waals surface area contributed by atoms with Crippen molar-refractivity contribution in [2.45, 2.75) is 58.7 Å². The van der Waals surface area contributed by atoms with Gasteiger partial charge in [0.15, 0.2) is 0 Å². The molecule has 0 spiro atoms. The number of aliphatic hydroxyl groups is 1. The van der Waals surface area contributed by atoms with Gasteiger partial charge in [0.1, 0.15) is 11.6 Å². The lowest BCUT2D eigenvalue weighted by atomic mass is 9.93. The van der Waals surface area contributed by atoms with Crippen molar-refractivity contribution in [3.8, 4) is 11.6 Å². The molecule has 0 bridgehead atoms. The van der Waals surface area contributed by atoms with Crippen LogP contribution in [0.1, 0.15) is 53.6 Å². The lowest BCUT2D eigenvalue weighted by Gasteiger charge is -2.28. The van der Waals surface area contributed by atoms with Crippen LogP contribution in [0.3, 0.4) is 0 Å². The molecule has 0 fully saturated rings. The van der Waals surface area contributed by atoms with Crippen LogP contribution in [0.4, 0.5) is 0 Å². The number of aliphatic hydroxyl groups excluding tert-OH is 1. The van der Waals surface area contributed by atoms with E-state index in [9.17, 15) is 9.90 Å². The molecule has 0 aliphatic heterocycles. The van der Waals surface area contributed by atoms with E-state index in [1.54, 1.807) is 13.3 Å². The summed E-state index contributed by atoms with van der Waals surface area (Å²) in [5, 5.41) is 17.3. The zero-order valence-corrected chi connectivity index (χ0v) is 24.1. The van der Waals surface area contributed by atoms with Gasteiger partial charge in [0.05, 0.1) is 19.6 Å². The Balaban J connectivity index is 1.25. The monoisotopic (exact) mass is 540 g/mol. The van der Waals surface area contributed by atoms with Crippen molar-refractivity contribution in [2.24, 2.45) is 0 Å². The molecule has 0 radical (unpaired) electrons. The minimum atomic E-state index is -0.662. The predicted octanol–water partition coefficient (Wildman–Crippen LogP) is 5.00. The van der Waals surface area contributed by atoms with Gasteiger partial charge in [0.25, 0.3) is 0 Å². The normalized spacial score (nSPS) is 12.2. The van der Waals surface area contributed by atoms with E-state index in [0.717, 1.165) is 51.6 Å². The number of nitrogens with one attached hydrogen (secondary N) is 2. The van der Waals surface area contributed by atoms with Gasteiger partial charge in [-0.3, -0.25) is 4.79 Å². The average Bonchev–Trinajstić information content (AvgIpc) is 3.29. The molecule has 0 saturated carbocycles. The number of carbonyl (C=O) groups is 1. The summed E-state index contributed by atoms with van der Waals surface area (Å²) in [6.07, 6.45) is 2.20. The maximum atomic E-state index is 12.4. The van der Waals surface area contributed by atoms with Crippen LogP contribution in [-0.2, 0) is 24.2 Å². The third-order valence-electron chi connectivity index (χ3n) is 7.09. The molecule has 4 rings (SSSR count).